The van der Waals surface area contributed by atoms with Gasteiger partial charge in [-0.25, -0.2) is 0 Å². The van der Waals surface area contributed by atoms with E-state index in [0.29, 0.717) is 6.61 Å². The molecule has 2 fully saturated rings. The highest BCUT2D eigenvalue weighted by Crippen LogP contribution is 2.58. The van der Waals surface area contributed by atoms with E-state index in [1.165, 1.54) is 4.90 Å². The number of rotatable bonds is 3. The van der Waals surface area contributed by atoms with E-state index in [2.05, 4.69) is 5.32 Å². The predicted molar refractivity (Wildman–Crippen MR) is 70.3 cm³/mol. The van der Waals surface area contributed by atoms with Crippen LogP contribution in [0.15, 0.2) is 0 Å². The topological polar surface area (TPSA) is 84.7 Å². The zero-order valence-electron chi connectivity index (χ0n) is 12.0. The largest absolute Gasteiger partial charge is 0.377 e. The van der Waals surface area contributed by atoms with Crippen molar-refractivity contribution in [2.45, 2.75) is 31.9 Å². The number of carbonyl (C=O) groups is 2. The van der Waals surface area contributed by atoms with Crippen LogP contribution in [0.1, 0.15) is 20.3 Å². The van der Waals surface area contributed by atoms with E-state index in [0.717, 1.165) is 6.42 Å². The second-order valence-corrected chi connectivity index (χ2v) is 6.11. The molecule has 108 valence electrons. The monoisotopic (exact) mass is 269 g/mol. The molecular weight excluding hydrogens is 246 g/mol. The highest BCUT2D eigenvalue weighted by atomic mass is 16.5. The minimum atomic E-state index is -0.934. The molecule has 1 aliphatic carbocycles. The fourth-order valence-electron chi connectivity index (χ4n) is 3.50. The van der Waals surface area contributed by atoms with Crippen molar-refractivity contribution in [3.05, 3.63) is 0 Å². The Bertz CT molecular complexity index is 410. The quantitative estimate of drug-likeness (QED) is 0.712. The van der Waals surface area contributed by atoms with Crippen LogP contribution in [0.5, 0.6) is 0 Å². The minimum absolute atomic E-state index is 0.0304. The van der Waals surface area contributed by atoms with Crippen molar-refractivity contribution in [1.29, 1.82) is 0 Å². The molecule has 1 saturated carbocycles. The summed E-state index contributed by atoms with van der Waals surface area (Å²) < 4.78 is 5.66. The van der Waals surface area contributed by atoms with Crippen LogP contribution in [0.2, 0.25) is 0 Å². The maximum atomic E-state index is 12.6. The first kappa shape index (κ1) is 14.3. The van der Waals surface area contributed by atoms with E-state index in [1.54, 1.807) is 14.1 Å². The average molecular weight is 269 g/mol. The first-order valence-electron chi connectivity index (χ1n) is 6.63. The first-order chi connectivity index (χ1) is 8.76. The SMILES string of the molecule is CNC(=O)CN(C)C(=O)C1(N)C2CCOC2C1(C)C. The second kappa shape index (κ2) is 4.45. The van der Waals surface area contributed by atoms with Crippen LogP contribution < -0.4 is 11.1 Å². The van der Waals surface area contributed by atoms with E-state index in [-0.39, 0.29) is 30.4 Å². The Morgan fingerprint density at radius 3 is 2.68 bits per heavy atom. The van der Waals surface area contributed by atoms with Gasteiger partial charge in [0, 0.05) is 32.0 Å². The highest BCUT2D eigenvalue weighted by molar-refractivity contribution is 5.92. The Morgan fingerprint density at radius 1 is 1.47 bits per heavy atom. The molecule has 2 rings (SSSR count). The molecule has 0 aromatic heterocycles. The van der Waals surface area contributed by atoms with Gasteiger partial charge in [0.15, 0.2) is 0 Å². The molecule has 0 radical (unpaired) electrons. The van der Waals surface area contributed by atoms with Crippen molar-refractivity contribution in [2.24, 2.45) is 17.1 Å². The second-order valence-electron chi connectivity index (χ2n) is 6.11. The summed E-state index contributed by atoms with van der Waals surface area (Å²) in [6, 6.07) is 0. The van der Waals surface area contributed by atoms with Gasteiger partial charge in [0.1, 0.15) is 5.54 Å². The number of carbonyl (C=O) groups excluding carboxylic acids is 2. The molecule has 6 nitrogen and oxygen atoms in total. The molecule has 19 heavy (non-hydrogen) atoms. The number of nitrogens with two attached hydrogens (primary N) is 1. The molecule has 3 N–H and O–H groups in total. The van der Waals surface area contributed by atoms with Crippen LogP contribution >= 0.6 is 0 Å². The number of amides is 2. The number of hydrogen-bond acceptors (Lipinski definition) is 4. The van der Waals surface area contributed by atoms with Gasteiger partial charge in [-0.2, -0.15) is 0 Å². The molecule has 6 heteroatoms. The molecule has 3 unspecified atom stereocenters. The first-order valence-corrected chi connectivity index (χ1v) is 6.63. The maximum absolute atomic E-state index is 12.6. The average Bonchev–Trinajstić information content (AvgIpc) is 2.84. The van der Waals surface area contributed by atoms with E-state index < -0.39 is 11.0 Å². The molecule has 0 aromatic rings. The normalized spacial score (nSPS) is 35.2. The van der Waals surface area contributed by atoms with Gasteiger partial charge in [0.25, 0.3) is 0 Å². The maximum Gasteiger partial charge on any atom is 0.243 e. The van der Waals surface area contributed by atoms with Crippen LogP contribution in [0, 0.1) is 11.3 Å². The number of ether oxygens (including phenoxy) is 1. The molecule has 3 atom stereocenters. The molecule has 1 aliphatic heterocycles. The van der Waals surface area contributed by atoms with Crippen molar-refractivity contribution >= 4 is 11.8 Å². The number of fused-ring (bicyclic) bond motifs is 1. The standard InChI is InChI=1S/C13H23N3O3/c1-12(2)10-8(5-6-19-10)13(12,14)11(18)16(4)7-9(17)15-3/h8,10H,5-7,14H2,1-4H3,(H,15,17). The zero-order chi connectivity index (χ0) is 14.4. The minimum Gasteiger partial charge on any atom is -0.377 e. The van der Waals surface area contributed by atoms with Crippen LogP contribution in [0.25, 0.3) is 0 Å². The summed E-state index contributed by atoms with van der Waals surface area (Å²) in [6.07, 6.45) is 0.860. The molecule has 0 spiro atoms. The fraction of sp³-hybridized carbons (Fsp3) is 0.846. The van der Waals surface area contributed by atoms with E-state index in [1.807, 2.05) is 13.8 Å². The summed E-state index contributed by atoms with van der Waals surface area (Å²) in [5.41, 5.74) is 5.09. The van der Waals surface area contributed by atoms with Gasteiger partial charge in [-0.3, -0.25) is 9.59 Å². The molecule has 0 aromatic carbocycles. The Morgan fingerprint density at radius 2 is 2.11 bits per heavy atom. The summed E-state index contributed by atoms with van der Waals surface area (Å²) in [7, 11) is 3.17. The number of nitrogens with one attached hydrogen (secondary N) is 1. The Kier molecular flexibility index (Phi) is 3.35. The van der Waals surface area contributed by atoms with Crippen molar-refractivity contribution in [3.63, 3.8) is 0 Å². The molecule has 2 aliphatic rings. The molecule has 1 heterocycles. The van der Waals surface area contributed by atoms with E-state index >= 15 is 0 Å². The summed E-state index contributed by atoms with van der Waals surface area (Å²) >= 11 is 0. The molecule has 1 saturated heterocycles. The van der Waals surface area contributed by atoms with E-state index in [9.17, 15) is 9.59 Å². The third-order valence-electron chi connectivity index (χ3n) is 4.81. The van der Waals surface area contributed by atoms with Crippen LogP contribution in [-0.4, -0.2) is 55.6 Å². The summed E-state index contributed by atoms with van der Waals surface area (Å²) in [5, 5.41) is 2.51. The zero-order valence-corrected chi connectivity index (χ0v) is 12.0. The Hall–Kier alpha value is -1.14. The predicted octanol–water partition coefficient (Wildman–Crippen LogP) is -0.667. The Balaban J connectivity index is 2.16. The van der Waals surface area contributed by atoms with Crippen molar-refractivity contribution in [2.75, 3.05) is 27.2 Å². The lowest BCUT2D eigenvalue weighted by molar-refractivity contribution is -0.183. The van der Waals surface area contributed by atoms with E-state index in [4.69, 9.17) is 10.5 Å². The molecular formula is C13H23N3O3. The highest BCUT2D eigenvalue weighted by Gasteiger charge is 2.71. The summed E-state index contributed by atoms with van der Waals surface area (Å²) in [5.74, 6) is -0.314. The molecule has 0 bridgehead atoms. The van der Waals surface area contributed by atoms with Gasteiger partial charge in [-0.15, -0.1) is 0 Å². The summed E-state index contributed by atoms with van der Waals surface area (Å²) in [4.78, 5) is 25.4. The van der Waals surface area contributed by atoms with Crippen LogP contribution in [-0.2, 0) is 14.3 Å². The van der Waals surface area contributed by atoms with Crippen LogP contribution in [0.3, 0.4) is 0 Å². The lowest BCUT2D eigenvalue weighted by atomic mass is 9.47. The van der Waals surface area contributed by atoms with Gasteiger partial charge in [0.05, 0.1) is 12.6 Å². The Labute approximate surface area is 113 Å². The smallest absolute Gasteiger partial charge is 0.243 e. The van der Waals surface area contributed by atoms with Gasteiger partial charge in [-0.05, 0) is 6.42 Å². The van der Waals surface area contributed by atoms with Gasteiger partial charge >= 0.3 is 0 Å². The lowest BCUT2D eigenvalue weighted by Gasteiger charge is -2.61. The van der Waals surface area contributed by atoms with Gasteiger partial charge in [-0.1, -0.05) is 13.8 Å². The number of likely N-dealkylation sites (N-methyl/N-ethyl adjacent to an activating group) is 2. The third kappa shape index (κ3) is 1.77. The van der Waals surface area contributed by atoms with Crippen LogP contribution in [0.4, 0.5) is 0 Å². The summed E-state index contributed by atoms with van der Waals surface area (Å²) in [6.45, 7) is 4.61. The third-order valence-corrected chi connectivity index (χ3v) is 4.81. The van der Waals surface area contributed by atoms with Crippen molar-refractivity contribution < 1.29 is 14.3 Å². The van der Waals surface area contributed by atoms with Gasteiger partial charge < -0.3 is 20.7 Å². The van der Waals surface area contributed by atoms with Crippen molar-refractivity contribution in [3.8, 4) is 0 Å². The number of hydrogen-bond donors (Lipinski definition) is 2. The van der Waals surface area contributed by atoms with Crippen molar-refractivity contribution in [1.82, 2.24) is 10.2 Å². The fourth-order valence-corrected chi connectivity index (χ4v) is 3.50. The molecule has 2 amide bonds. The van der Waals surface area contributed by atoms with Gasteiger partial charge in [0.2, 0.25) is 11.8 Å². The lowest BCUT2D eigenvalue weighted by Crippen LogP contribution is -2.80. The number of nitrogens with zero attached hydrogens (tertiary/aromatic N) is 1.